The Hall–Kier alpha value is -0.830. The second-order valence-corrected chi connectivity index (χ2v) is 2.96. The van der Waals surface area contributed by atoms with Crippen LogP contribution in [0.5, 0.6) is 0 Å². The molecule has 0 bridgehead atoms. The molecule has 0 radical (unpaired) electrons. The van der Waals surface area contributed by atoms with Gasteiger partial charge in [0.15, 0.2) is 0 Å². The van der Waals surface area contributed by atoms with E-state index in [0.29, 0.717) is 12.6 Å². The lowest BCUT2D eigenvalue weighted by atomic mass is 10.2. The van der Waals surface area contributed by atoms with E-state index >= 15 is 0 Å². The Balaban J connectivity index is 2.66. The molecule has 0 spiro atoms. The minimum atomic E-state index is 0.446. The smallest absolute Gasteiger partial charge is 0.0522 e. The Bertz CT molecular complexity index is 215. The molecular weight excluding hydrogens is 138 g/mol. The van der Waals surface area contributed by atoms with Crippen molar-refractivity contribution < 1.29 is 0 Å². The number of rotatable bonds is 3. The van der Waals surface area contributed by atoms with E-state index < -0.39 is 0 Å². The molecular formula is C8H15N3. The molecule has 0 aliphatic heterocycles. The molecule has 0 fully saturated rings. The lowest BCUT2D eigenvalue weighted by Gasteiger charge is -2.02. The fourth-order valence-corrected chi connectivity index (χ4v) is 0.956. The topological polar surface area (TPSA) is 43.8 Å². The standard InChI is InChI=1S/C8H15N3/c1-7(2)11-6-8(3-4-9)5-10-11/h5-7H,3-4,9H2,1-2H3. The van der Waals surface area contributed by atoms with Crippen molar-refractivity contribution in [2.75, 3.05) is 6.54 Å². The number of hydrogen-bond acceptors (Lipinski definition) is 2. The van der Waals surface area contributed by atoms with Crippen LogP contribution in [0, 0.1) is 0 Å². The summed E-state index contributed by atoms with van der Waals surface area (Å²) in [7, 11) is 0. The van der Waals surface area contributed by atoms with Crippen LogP contribution in [0.4, 0.5) is 0 Å². The van der Waals surface area contributed by atoms with Crippen LogP contribution >= 0.6 is 0 Å². The molecule has 1 aromatic rings. The van der Waals surface area contributed by atoms with Gasteiger partial charge < -0.3 is 5.73 Å². The second kappa shape index (κ2) is 3.53. The Morgan fingerprint density at radius 2 is 2.36 bits per heavy atom. The van der Waals surface area contributed by atoms with Gasteiger partial charge in [-0.05, 0) is 32.4 Å². The lowest BCUT2D eigenvalue weighted by molar-refractivity contribution is 0.532. The summed E-state index contributed by atoms with van der Waals surface area (Å²) >= 11 is 0. The minimum Gasteiger partial charge on any atom is -0.330 e. The average Bonchev–Trinajstić information content (AvgIpc) is 2.37. The fraction of sp³-hybridized carbons (Fsp3) is 0.625. The summed E-state index contributed by atoms with van der Waals surface area (Å²) in [6, 6.07) is 0.446. The average molecular weight is 153 g/mol. The van der Waals surface area contributed by atoms with E-state index in [9.17, 15) is 0 Å². The summed E-state index contributed by atoms with van der Waals surface area (Å²) in [6.45, 7) is 4.92. The van der Waals surface area contributed by atoms with E-state index in [1.165, 1.54) is 5.56 Å². The molecule has 3 heteroatoms. The molecule has 1 aromatic heterocycles. The second-order valence-electron chi connectivity index (χ2n) is 2.96. The van der Waals surface area contributed by atoms with Crippen molar-refractivity contribution in [3.05, 3.63) is 18.0 Å². The molecule has 11 heavy (non-hydrogen) atoms. The van der Waals surface area contributed by atoms with Crippen molar-refractivity contribution >= 4 is 0 Å². The van der Waals surface area contributed by atoms with Crippen molar-refractivity contribution in [3.63, 3.8) is 0 Å². The summed E-state index contributed by atoms with van der Waals surface area (Å²) in [4.78, 5) is 0. The molecule has 0 aliphatic carbocycles. The van der Waals surface area contributed by atoms with Gasteiger partial charge in [-0.15, -0.1) is 0 Å². The van der Waals surface area contributed by atoms with Gasteiger partial charge in [0.05, 0.1) is 6.20 Å². The first-order valence-electron chi connectivity index (χ1n) is 3.97. The van der Waals surface area contributed by atoms with Gasteiger partial charge in [0.2, 0.25) is 0 Å². The molecule has 2 N–H and O–H groups in total. The third kappa shape index (κ3) is 2.05. The van der Waals surface area contributed by atoms with Gasteiger partial charge >= 0.3 is 0 Å². The maximum Gasteiger partial charge on any atom is 0.0522 e. The van der Waals surface area contributed by atoms with E-state index in [0.717, 1.165) is 6.42 Å². The summed E-state index contributed by atoms with van der Waals surface area (Å²) in [6.07, 6.45) is 4.86. The maximum atomic E-state index is 5.41. The number of nitrogens with two attached hydrogens (primary N) is 1. The van der Waals surface area contributed by atoms with Gasteiger partial charge in [0.25, 0.3) is 0 Å². The van der Waals surface area contributed by atoms with Crippen LogP contribution in [0.25, 0.3) is 0 Å². The van der Waals surface area contributed by atoms with Crippen LogP contribution in [-0.4, -0.2) is 16.3 Å². The highest BCUT2D eigenvalue weighted by Gasteiger charge is 1.99. The van der Waals surface area contributed by atoms with Crippen LogP contribution in [0.3, 0.4) is 0 Å². The van der Waals surface area contributed by atoms with Gasteiger partial charge in [-0.1, -0.05) is 0 Å². The molecule has 0 aliphatic rings. The van der Waals surface area contributed by atoms with Crippen molar-refractivity contribution in [1.29, 1.82) is 0 Å². The molecule has 0 saturated heterocycles. The highest BCUT2D eigenvalue weighted by Crippen LogP contribution is 2.04. The molecule has 0 atom stereocenters. The van der Waals surface area contributed by atoms with Gasteiger partial charge in [-0.25, -0.2) is 0 Å². The summed E-state index contributed by atoms with van der Waals surface area (Å²) in [5, 5.41) is 4.20. The third-order valence-electron chi connectivity index (χ3n) is 1.62. The first kappa shape index (κ1) is 8.27. The molecule has 1 rings (SSSR count). The van der Waals surface area contributed by atoms with Crippen LogP contribution < -0.4 is 5.73 Å². The van der Waals surface area contributed by atoms with Crippen LogP contribution in [-0.2, 0) is 6.42 Å². The Morgan fingerprint density at radius 3 is 2.82 bits per heavy atom. The zero-order chi connectivity index (χ0) is 8.27. The normalized spacial score (nSPS) is 10.9. The highest BCUT2D eigenvalue weighted by molar-refractivity contribution is 5.04. The monoisotopic (exact) mass is 153 g/mol. The van der Waals surface area contributed by atoms with Crippen molar-refractivity contribution in [3.8, 4) is 0 Å². The Kier molecular flexibility index (Phi) is 2.65. The van der Waals surface area contributed by atoms with Crippen LogP contribution in [0.2, 0.25) is 0 Å². The largest absolute Gasteiger partial charge is 0.330 e. The van der Waals surface area contributed by atoms with Crippen LogP contribution in [0.1, 0.15) is 25.5 Å². The predicted octanol–water partition coefficient (Wildman–Crippen LogP) is 0.965. The first-order chi connectivity index (χ1) is 5.24. The zero-order valence-electron chi connectivity index (χ0n) is 7.12. The zero-order valence-corrected chi connectivity index (χ0v) is 7.12. The quantitative estimate of drug-likeness (QED) is 0.703. The predicted molar refractivity (Wildman–Crippen MR) is 45.4 cm³/mol. The Morgan fingerprint density at radius 1 is 1.64 bits per heavy atom. The van der Waals surface area contributed by atoms with Crippen molar-refractivity contribution in [2.45, 2.75) is 26.3 Å². The first-order valence-corrected chi connectivity index (χ1v) is 3.97. The van der Waals surface area contributed by atoms with Gasteiger partial charge in [0, 0.05) is 12.2 Å². The number of nitrogens with zero attached hydrogens (tertiary/aromatic N) is 2. The maximum absolute atomic E-state index is 5.41. The van der Waals surface area contributed by atoms with E-state index in [-0.39, 0.29) is 0 Å². The summed E-state index contributed by atoms with van der Waals surface area (Å²) < 4.78 is 1.95. The molecule has 3 nitrogen and oxygen atoms in total. The van der Waals surface area contributed by atoms with Gasteiger partial charge in [-0.2, -0.15) is 5.10 Å². The fourth-order valence-electron chi connectivity index (χ4n) is 0.956. The third-order valence-corrected chi connectivity index (χ3v) is 1.62. The lowest BCUT2D eigenvalue weighted by Crippen LogP contribution is -2.02. The molecule has 1 heterocycles. The van der Waals surface area contributed by atoms with Gasteiger partial charge in [-0.3, -0.25) is 4.68 Å². The number of hydrogen-bond donors (Lipinski definition) is 1. The highest BCUT2D eigenvalue weighted by atomic mass is 15.3. The van der Waals surface area contributed by atoms with Crippen molar-refractivity contribution in [2.24, 2.45) is 5.73 Å². The molecule has 0 aromatic carbocycles. The van der Waals surface area contributed by atoms with Crippen molar-refractivity contribution in [1.82, 2.24) is 9.78 Å². The van der Waals surface area contributed by atoms with Crippen LogP contribution in [0.15, 0.2) is 12.4 Å². The van der Waals surface area contributed by atoms with E-state index in [4.69, 9.17) is 5.73 Å². The SMILES string of the molecule is CC(C)n1cc(CCN)cn1. The molecule has 62 valence electrons. The summed E-state index contributed by atoms with van der Waals surface area (Å²) in [5.74, 6) is 0. The molecule has 0 amide bonds. The van der Waals surface area contributed by atoms with E-state index in [2.05, 4.69) is 25.1 Å². The van der Waals surface area contributed by atoms with E-state index in [1.54, 1.807) is 0 Å². The number of aromatic nitrogens is 2. The minimum absolute atomic E-state index is 0.446. The molecule has 0 saturated carbocycles. The van der Waals surface area contributed by atoms with Gasteiger partial charge in [0.1, 0.15) is 0 Å². The molecule has 0 unspecified atom stereocenters. The summed E-state index contributed by atoms with van der Waals surface area (Å²) in [5.41, 5.74) is 6.63. The Labute approximate surface area is 67.2 Å². The van der Waals surface area contributed by atoms with E-state index in [1.807, 2.05) is 10.9 Å².